The van der Waals surface area contributed by atoms with Gasteiger partial charge in [-0.25, -0.2) is 0 Å². The fourth-order valence-corrected chi connectivity index (χ4v) is 2.72. The summed E-state index contributed by atoms with van der Waals surface area (Å²) in [6, 6.07) is 26.3. The quantitative estimate of drug-likeness (QED) is 0.298. The minimum atomic E-state index is -0.628. The zero-order valence-corrected chi connectivity index (χ0v) is 14.2. The van der Waals surface area contributed by atoms with Crippen LogP contribution in [0.2, 0.25) is 0 Å². The molecule has 0 amide bonds. The van der Waals surface area contributed by atoms with E-state index in [9.17, 15) is 10.0 Å². The van der Waals surface area contributed by atoms with Crippen LogP contribution in [0.15, 0.2) is 90.1 Å². The van der Waals surface area contributed by atoms with E-state index in [1.165, 1.54) is 0 Å². The first-order chi connectivity index (χ1) is 12.8. The zero-order chi connectivity index (χ0) is 18.2. The van der Waals surface area contributed by atoms with E-state index < -0.39 is 5.92 Å². The maximum Gasteiger partial charge on any atom is 0.133 e. The Morgan fingerprint density at radius 2 is 1.54 bits per heavy atom. The van der Waals surface area contributed by atoms with E-state index in [4.69, 9.17) is 4.74 Å². The second kappa shape index (κ2) is 8.62. The lowest BCUT2D eigenvalue weighted by atomic mass is 9.91. The van der Waals surface area contributed by atoms with Crippen molar-refractivity contribution < 1.29 is 14.7 Å². The molecule has 0 spiro atoms. The number of nitrogens with zero attached hydrogens (tertiary/aromatic N) is 1. The molecule has 3 rings (SSSR count). The van der Waals surface area contributed by atoms with Crippen molar-refractivity contribution in [2.45, 2.75) is 12.5 Å². The Morgan fingerprint density at radius 1 is 0.923 bits per heavy atom. The molecular weight excluding hydrogens is 326 g/mol. The van der Waals surface area contributed by atoms with Crippen LogP contribution < -0.4 is 4.74 Å². The van der Waals surface area contributed by atoms with Crippen molar-refractivity contribution in [1.82, 2.24) is 0 Å². The number of benzene rings is 3. The highest BCUT2D eigenvalue weighted by Gasteiger charge is 2.20. The van der Waals surface area contributed by atoms with E-state index in [-0.39, 0.29) is 0 Å². The zero-order valence-electron chi connectivity index (χ0n) is 14.2. The van der Waals surface area contributed by atoms with Crippen LogP contribution in [0.5, 0.6) is 5.75 Å². The molecule has 4 nitrogen and oxygen atoms in total. The predicted octanol–water partition coefficient (Wildman–Crippen LogP) is 4.43. The molecule has 1 N–H and O–H groups in total. The molecule has 0 fully saturated rings. The van der Waals surface area contributed by atoms with Crippen LogP contribution in [0, 0.1) is 0 Å². The number of hydrogen-bond acceptors (Lipinski definition) is 4. The molecular formula is C22H19NO3. The Labute approximate surface area is 152 Å². The number of carbonyl (C=O) groups is 1. The Balaban J connectivity index is 1.74. The number of ether oxygens (including phenoxy) is 1. The first kappa shape index (κ1) is 17.4. The summed E-state index contributed by atoms with van der Waals surface area (Å²) in [4.78, 5) is 11.6. The van der Waals surface area contributed by atoms with Crippen LogP contribution in [-0.4, -0.2) is 17.2 Å². The molecule has 0 aliphatic rings. The maximum absolute atomic E-state index is 11.6. The highest BCUT2D eigenvalue weighted by molar-refractivity contribution is 6.12. The molecule has 1 atom stereocenters. The second-order valence-corrected chi connectivity index (χ2v) is 5.81. The molecule has 0 aliphatic heterocycles. The molecule has 3 aromatic rings. The summed E-state index contributed by atoms with van der Waals surface area (Å²) in [7, 11) is 0. The van der Waals surface area contributed by atoms with Gasteiger partial charge < -0.3 is 14.7 Å². The Hall–Kier alpha value is -3.40. The van der Waals surface area contributed by atoms with Crippen molar-refractivity contribution in [2.24, 2.45) is 5.16 Å². The van der Waals surface area contributed by atoms with Gasteiger partial charge in [-0.2, -0.15) is 0 Å². The van der Waals surface area contributed by atoms with Gasteiger partial charge in [0.15, 0.2) is 0 Å². The lowest BCUT2D eigenvalue weighted by Gasteiger charge is -2.13. The summed E-state index contributed by atoms with van der Waals surface area (Å²) in [5, 5.41) is 12.8. The van der Waals surface area contributed by atoms with Gasteiger partial charge in [0.1, 0.15) is 24.4 Å². The van der Waals surface area contributed by atoms with Crippen molar-refractivity contribution in [3.63, 3.8) is 0 Å². The Kier molecular flexibility index (Phi) is 5.78. The van der Waals surface area contributed by atoms with Crippen LogP contribution in [0.25, 0.3) is 0 Å². The lowest BCUT2D eigenvalue weighted by Crippen LogP contribution is -2.15. The van der Waals surface area contributed by atoms with Crippen LogP contribution in [0.4, 0.5) is 0 Å². The van der Waals surface area contributed by atoms with Crippen LogP contribution >= 0.6 is 0 Å². The molecule has 3 aromatic carbocycles. The van der Waals surface area contributed by atoms with Gasteiger partial charge in [0.2, 0.25) is 0 Å². The van der Waals surface area contributed by atoms with Gasteiger partial charge in [0.05, 0.1) is 5.92 Å². The maximum atomic E-state index is 11.6. The van der Waals surface area contributed by atoms with Gasteiger partial charge in [-0.15, -0.1) is 0 Å². The predicted molar refractivity (Wildman–Crippen MR) is 101 cm³/mol. The average molecular weight is 345 g/mol. The van der Waals surface area contributed by atoms with Gasteiger partial charge >= 0.3 is 0 Å². The van der Waals surface area contributed by atoms with Gasteiger partial charge in [0, 0.05) is 5.56 Å². The molecule has 1 unspecified atom stereocenters. The molecule has 130 valence electrons. The molecule has 26 heavy (non-hydrogen) atoms. The van der Waals surface area contributed by atoms with Gasteiger partial charge in [-0.05, 0) is 35.4 Å². The Morgan fingerprint density at radius 3 is 2.12 bits per heavy atom. The number of rotatable bonds is 7. The molecule has 0 aliphatic carbocycles. The number of aldehydes is 1. The fourth-order valence-electron chi connectivity index (χ4n) is 2.72. The van der Waals surface area contributed by atoms with Crippen molar-refractivity contribution in [1.29, 1.82) is 0 Å². The van der Waals surface area contributed by atoms with Gasteiger partial charge in [0.25, 0.3) is 0 Å². The van der Waals surface area contributed by atoms with E-state index >= 15 is 0 Å². The lowest BCUT2D eigenvalue weighted by molar-refractivity contribution is -0.107. The molecule has 0 radical (unpaired) electrons. The van der Waals surface area contributed by atoms with E-state index in [0.29, 0.717) is 23.6 Å². The third-order valence-electron chi connectivity index (χ3n) is 4.10. The van der Waals surface area contributed by atoms with Crippen LogP contribution in [0.1, 0.15) is 22.6 Å². The summed E-state index contributed by atoms with van der Waals surface area (Å²) in [6.45, 7) is 0.474. The van der Waals surface area contributed by atoms with Crippen molar-refractivity contribution >= 4 is 12.0 Å². The SMILES string of the molecule is O=CC(C(=NO)c1ccc(OCc2ccccc2)cc1)c1ccccc1. The summed E-state index contributed by atoms with van der Waals surface area (Å²) in [6.07, 6.45) is 0.782. The second-order valence-electron chi connectivity index (χ2n) is 5.81. The third-order valence-corrected chi connectivity index (χ3v) is 4.10. The van der Waals surface area contributed by atoms with E-state index in [1.54, 1.807) is 24.3 Å². The van der Waals surface area contributed by atoms with Crippen LogP contribution in [0.3, 0.4) is 0 Å². The molecule has 0 heterocycles. The van der Waals surface area contributed by atoms with E-state index in [1.807, 2.05) is 60.7 Å². The third kappa shape index (κ3) is 4.16. The van der Waals surface area contributed by atoms with Crippen molar-refractivity contribution in [2.75, 3.05) is 0 Å². The fraction of sp³-hybridized carbons (Fsp3) is 0.0909. The largest absolute Gasteiger partial charge is 0.489 e. The molecule has 4 heteroatoms. The molecule has 0 bridgehead atoms. The minimum Gasteiger partial charge on any atom is -0.489 e. The first-order valence-electron chi connectivity index (χ1n) is 8.31. The first-order valence-corrected chi connectivity index (χ1v) is 8.31. The highest BCUT2D eigenvalue weighted by Crippen LogP contribution is 2.22. The summed E-state index contributed by atoms with van der Waals surface area (Å²) < 4.78 is 5.76. The highest BCUT2D eigenvalue weighted by atomic mass is 16.5. The molecule has 0 saturated carbocycles. The van der Waals surface area contributed by atoms with Crippen LogP contribution in [-0.2, 0) is 11.4 Å². The summed E-state index contributed by atoms with van der Waals surface area (Å²) in [5.74, 6) is 0.0783. The summed E-state index contributed by atoms with van der Waals surface area (Å²) >= 11 is 0. The average Bonchev–Trinajstić information content (AvgIpc) is 2.72. The van der Waals surface area contributed by atoms with Crippen molar-refractivity contribution in [3.8, 4) is 5.75 Å². The van der Waals surface area contributed by atoms with Gasteiger partial charge in [-0.1, -0.05) is 65.8 Å². The number of oxime groups is 1. The number of hydrogen-bond donors (Lipinski definition) is 1. The van der Waals surface area contributed by atoms with E-state index in [2.05, 4.69) is 5.16 Å². The smallest absolute Gasteiger partial charge is 0.133 e. The van der Waals surface area contributed by atoms with Crippen molar-refractivity contribution in [3.05, 3.63) is 102 Å². The number of carbonyl (C=O) groups excluding carboxylic acids is 1. The van der Waals surface area contributed by atoms with E-state index in [0.717, 1.165) is 17.4 Å². The molecule has 0 saturated heterocycles. The standard InChI is InChI=1S/C22H19NO3/c24-15-21(18-9-5-2-6-10-18)22(23-25)19-11-13-20(14-12-19)26-16-17-7-3-1-4-8-17/h1-15,21,25H,16H2. The Bertz CT molecular complexity index is 859. The normalized spacial score (nSPS) is 12.4. The summed E-state index contributed by atoms with van der Waals surface area (Å²) in [5.41, 5.74) is 2.83. The monoisotopic (exact) mass is 345 g/mol. The minimum absolute atomic E-state index is 0.306. The molecule has 0 aromatic heterocycles. The van der Waals surface area contributed by atoms with Gasteiger partial charge in [-0.3, -0.25) is 0 Å². The topological polar surface area (TPSA) is 58.9 Å².